The van der Waals surface area contributed by atoms with Crippen LogP contribution in [0.2, 0.25) is 0 Å². The molecule has 0 radical (unpaired) electrons. The van der Waals surface area contributed by atoms with Gasteiger partial charge in [-0.15, -0.1) is 0 Å². The van der Waals surface area contributed by atoms with Crippen molar-refractivity contribution in [1.82, 2.24) is 14.3 Å². The highest BCUT2D eigenvalue weighted by molar-refractivity contribution is 7.71. The smallest absolute Gasteiger partial charge is 0.248 e. The minimum absolute atomic E-state index is 0.0267. The van der Waals surface area contributed by atoms with Gasteiger partial charge >= 0.3 is 6.55 Å². The largest absolute Gasteiger partial charge is 0.321 e. The average Bonchev–Trinajstić information content (AvgIpc) is 2.62. The molecule has 0 atom stereocenters. The summed E-state index contributed by atoms with van der Waals surface area (Å²) in [5.74, 6) is 0. The number of rotatable bonds is 3. The summed E-state index contributed by atoms with van der Waals surface area (Å²) in [5.41, 5.74) is 0.970. The molecule has 1 aromatic carbocycles. The molecule has 0 saturated heterocycles. The quantitative estimate of drug-likeness (QED) is 0.771. The van der Waals surface area contributed by atoms with Gasteiger partial charge in [-0.3, -0.25) is 0 Å². The molecule has 0 amide bonds. The Kier molecular flexibility index (Phi) is 3.09. The Labute approximate surface area is 95.9 Å². The molecule has 0 N–H and O–H groups in total. The van der Waals surface area contributed by atoms with Crippen molar-refractivity contribution in [2.24, 2.45) is 0 Å². The summed E-state index contributed by atoms with van der Waals surface area (Å²) in [6, 6.07) is 9.43. The molecular formula is C10H9F2N3S. The zero-order chi connectivity index (χ0) is 11.5. The number of aromatic nitrogens is 3. The van der Waals surface area contributed by atoms with E-state index in [1.165, 1.54) is 4.68 Å². The average molecular weight is 241 g/mol. The van der Waals surface area contributed by atoms with Crippen LogP contribution < -0.4 is 0 Å². The molecule has 1 heterocycles. The highest BCUT2D eigenvalue weighted by atomic mass is 32.1. The van der Waals surface area contributed by atoms with Crippen molar-refractivity contribution in [3.8, 4) is 0 Å². The first-order chi connectivity index (χ1) is 7.68. The lowest BCUT2D eigenvalue weighted by molar-refractivity contribution is 0.0678. The van der Waals surface area contributed by atoms with Crippen LogP contribution in [0, 0.1) is 4.77 Å². The fourth-order valence-electron chi connectivity index (χ4n) is 1.35. The van der Waals surface area contributed by atoms with Crippen molar-refractivity contribution in [1.29, 1.82) is 0 Å². The van der Waals surface area contributed by atoms with Gasteiger partial charge in [0.05, 0.1) is 6.54 Å². The summed E-state index contributed by atoms with van der Waals surface area (Å²) in [6.07, 6.45) is 1.05. The number of nitrogens with zero attached hydrogens (tertiary/aromatic N) is 3. The lowest BCUT2D eigenvalue weighted by Gasteiger charge is -2.01. The maximum absolute atomic E-state index is 12.4. The number of hydrogen-bond acceptors (Lipinski definition) is 2. The lowest BCUT2D eigenvalue weighted by Crippen LogP contribution is -2.04. The van der Waals surface area contributed by atoms with Gasteiger partial charge in [0.1, 0.15) is 6.33 Å². The Morgan fingerprint density at radius 3 is 2.50 bits per heavy atom. The molecule has 2 aromatic rings. The fourth-order valence-corrected chi connectivity index (χ4v) is 1.59. The van der Waals surface area contributed by atoms with Crippen molar-refractivity contribution < 1.29 is 8.78 Å². The molecule has 0 aliphatic rings. The van der Waals surface area contributed by atoms with Crippen LogP contribution in [0.4, 0.5) is 8.78 Å². The van der Waals surface area contributed by atoms with E-state index in [0.29, 0.717) is 11.1 Å². The third-order valence-corrected chi connectivity index (χ3v) is 2.56. The van der Waals surface area contributed by atoms with Crippen molar-refractivity contribution in [2.45, 2.75) is 13.1 Å². The predicted octanol–water partition coefficient (Wildman–Crippen LogP) is 2.86. The maximum Gasteiger partial charge on any atom is 0.321 e. The summed E-state index contributed by atoms with van der Waals surface area (Å²) in [5, 5.41) is 3.83. The molecule has 84 valence electrons. The molecule has 16 heavy (non-hydrogen) atoms. The minimum Gasteiger partial charge on any atom is -0.248 e. The van der Waals surface area contributed by atoms with Gasteiger partial charge in [-0.05, 0) is 17.8 Å². The van der Waals surface area contributed by atoms with Gasteiger partial charge in [-0.2, -0.15) is 13.9 Å². The van der Waals surface area contributed by atoms with Crippen LogP contribution in [0.3, 0.4) is 0 Å². The third-order valence-electron chi connectivity index (χ3n) is 2.14. The second-order valence-electron chi connectivity index (χ2n) is 3.24. The van der Waals surface area contributed by atoms with E-state index in [4.69, 9.17) is 12.2 Å². The van der Waals surface area contributed by atoms with E-state index in [-0.39, 0.29) is 4.77 Å². The van der Waals surface area contributed by atoms with Crippen LogP contribution in [-0.2, 0) is 6.54 Å². The van der Waals surface area contributed by atoms with Crippen LogP contribution in [0.5, 0.6) is 0 Å². The van der Waals surface area contributed by atoms with E-state index >= 15 is 0 Å². The molecule has 1 aromatic heterocycles. The molecular weight excluding hydrogens is 232 g/mol. The lowest BCUT2D eigenvalue weighted by atomic mass is 10.2. The molecule has 6 heteroatoms. The van der Waals surface area contributed by atoms with Gasteiger partial charge in [0, 0.05) is 0 Å². The molecule has 0 unspecified atom stereocenters. The maximum atomic E-state index is 12.4. The highest BCUT2D eigenvalue weighted by Gasteiger charge is 2.09. The van der Waals surface area contributed by atoms with E-state index in [2.05, 4.69) is 5.10 Å². The van der Waals surface area contributed by atoms with Gasteiger partial charge < -0.3 is 0 Å². The van der Waals surface area contributed by atoms with Crippen LogP contribution >= 0.6 is 12.2 Å². The monoisotopic (exact) mass is 241 g/mol. The second-order valence-corrected chi connectivity index (χ2v) is 3.61. The van der Waals surface area contributed by atoms with E-state index < -0.39 is 6.55 Å². The first-order valence-corrected chi connectivity index (χ1v) is 5.05. The first kappa shape index (κ1) is 10.9. The molecule has 0 bridgehead atoms. The number of alkyl halides is 2. The zero-order valence-electron chi connectivity index (χ0n) is 8.25. The van der Waals surface area contributed by atoms with Crippen LogP contribution in [0.15, 0.2) is 36.7 Å². The fraction of sp³-hybridized carbons (Fsp3) is 0.200. The van der Waals surface area contributed by atoms with Crippen molar-refractivity contribution in [3.63, 3.8) is 0 Å². The van der Waals surface area contributed by atoms with Crippen LogP contribution in [-0.4, -0.2) is 14.3 Å². The van der Waals surface area contributed by atoms with Gasteiger partial charge in [0.25, 0.3) is 0 Å². The van der Waals surface area contributed by atoms with Gasteiger partial charge in [-0.25, -0.2) is 9.25 Å². The molecule has 0 aliphatic carbocycles. The Morgan fingerprint density at radius 2 is 1.94 bits per heavy atom. The van der Waals surface area contributed by atoms with Crippen molar-refractivity contribution in [2.75, 3.05) is 0 Å². The van der Waals surface area contributed by atoms with Crippen molar-refractivity contribution in [3.05, 3.63) is 47.0 Å². The standard InChI is InChI=1S/C10H9F2N3S/c11-9(12)14-7-13-15(10(14)16)6-8-4-2-1-3-5-8/h1-5,7,9H,6H2. The SMILES string of the molecule is FC(F)n1cnn(Cc2ccccc2)c1=S. The Balaban J connectivity index is 2.27. The second kappa shape index (κ2) is 4.52. The number of hydrogen-bond donors (Lipinski definition) is 0. The Morgan fingerprint density at radius 1 is 1.25 bits per heavy atom. The van der Waals surface area contributed by atoms with E-state index in [1.54, 1.807) is 0 Å². The molecule has 0 fully saturated rings. The normalized spacial score (nSPS) is 10.9. The number of benzene rings is 1. The van der Waals surface area contributed by atoms with Crippen molar-refractivity contribution >= 4 is 12.2 Å². The Hall–Kier alpha value is -1.56. The summed E-state index contributed by atoms with van der Waals surface area (Å²) >= 11 is 4.88. The molecule has 3 nitrogen and oxygen atoms in total. The molecule has 0 aliphatic heterocycles. The molecule has 0 spiro atoms. The Bertz CT molecular complexity index is 518. The first-order valence-electron chi connectivity index (χ1n) is 4.64. The molecule has 0 saturated carbocycles. The predicted molar refractivity (Wildman–Crippen MR) is 57.8 cm³/mol. The summed E-state index contributed by atoms with van der Waals surface area (Å²) < 4.78 is 26.9. The summed E-state index contributed by atoms with van der Waals surface area (Å²) in [4.78, 5) is 0. The van der Waals surface area contributed by atoms with E-state index in [0.717, 1.165) is 11.9 Å². The zero-order valence-corrected chi connectivity index (χ0v) is 9.07. The van der Waals surface area contributed by atoms with Gasteiger partial charge in [0.2, 0.25) is 4.77 Å². The summed E-state index contributed by atoms with van der Waals surface area (Å²) in [7, 11) is 0. The topological polar surface area (TPSA) is 22.8 Å². The van der Waals surface area contributed by atoms with Gasteiger partial charge in [0.15, 0.2) is 0 Å². The molecule has 2 rings (SSSR count). The van der Waals surface area contributed by atoms with Gasteiger partial charge in [-0.1, -0.05) is 30.3 Å². The van der Waals surface area contributed by atoms with E-state index in [9.17, 15) is 8.78 Å². The third kappa shape index (κ3) is 2.16. The summed E-state index contributed by atoms with van der Waals surface area (Å²) in [6.45, 7) is -2.24. The number of halogens is 2. The minimum atomic E-state index is -2.64. The highest BCUT2D eigenvalue weighted by Crippen LogP contribution is 2.11. The van der Waals surface area contributed by atoms with Crippen LogP contribution in [0.1, 0.15) is 12.1 Å². The van der Waals surface area contributed by atoms with Crippen LogP contribution in [0.25, 0.3) is 0 Å². The van der Waals surface area contributed by atoms with E-state index in [1.807, 2.05) is 30.3 Å².